The number of methoxy groups -OCH3 is 1. The molecule has 3 aromatic carbocycles. The van der Waals surface area contributed by atoms with Crippen LogP contribution >= 0.6 is 0 Å². The van der Waals surface area contributed by atoms with Crippen LogP contribution in [0.1, 0.15) is 0 Å². The molecule has 4 rings (SSSR count). The highest BCUT2D eigenvalue weighted by atomic mass is 35.7. The van der Waals surface area contributed by atoms with E-state index in [0.717, 1.165) is 39.5 Å². The molecule has 0 saturated carbocycles. The number of rotatable bonds is 4. The van der Waals surface area contributed by atoms with E-state index < -0.39 is 10.2 Å². The maximum absolute atomic E-state index is 8.49. The van der Waals surface area contributed by atoms with Crippen molar-refractivity contribution in [3.05, 3.63) is 97.1 Å². The topological polar surface area (TPSA) is 113 Å². The van der Waals surface area contributed by atoms with Crippen molar-refractivity contribution in [2.45, 2.75) is 0 Å². The lowest BCUT2D eigenvalue weighted by atomic mass is 10.0. The molecule has 0 aliphatic rings. The molecule has 0 N–H and O–H groups in total. The largest absolute Gasteiger partial charge is 0.496 e. The van der Waals surface area contributed by atoms with Gasteiger partial charge in [-0.1, -0.05) is 60.7 Å². The standard InChI is InChI=1S/C24H19O2.ClHO4/c1-25-22-15-9-8-14-21(22)24-17-20(18-10-4-2-5-11-18)16-23(26-24)19-12-6-3-7-13-19;2-1(3,4)5/h2-17H,1H3;(H,2,3,4,5)/q+1;/p-1. The smallest absolute Gasteiger partial charge is 0.365 e. The molecule has 7 heteroatoms. The third kappa shape index (κ3) is 6.62. The van der Waals surface area contributed by atoms with E-state index in [4.69, 9.17) is 27.8 Å². The predicted molar refractivity (Wildman–Crippen MR) is 106 cm³/mol. The van der Waals surface area contributed by atoms with Crippen molar-refractivity contribution < 1.29 is 38.0 Å². The Bertz CT molecular complexity index is 1050. The molecule has 0 radical (unpaired) electrons. The minimum atomic E-state index is -4.94. The van der Waals surface area contributed by atoms with E-state index in [9.17, 15) is 0 Å². The molecule has 0 aliphatic heterocycles. The van der Waals surface area contributed by atoms with Crippen molar-refractivity contribution in [3.63, 3.8) is 0 Å². The molecular formula is C24H19ClO6. The first-order valence-electron chi connectivity index (χ1n) is 9.19. The number of benzene rings is 3. The monoisotopic (exact) mass is 438 g/mol. The molecule has 158 valence electrons. The van der Waals surface area contributed by atoms with Crippen molar-refractivity contribution in [2.75, 3.05) is 7.11 Å². The van der Waals surface area contributed by atoms with Crippen LogP contribution in [0.3, 0.4) is 0 Å². The van der Waals surface area contributed by atoms with Crippen molar-refractivity contribution in [3.8, 4) is 39.5 Å². The van der Waals surface area contributed by atoms with Gasteiger partial charge in [0, 0.05) is 5.56 Å². The molecule has 0 aliphatic carbocycles. The molecule has 0 unspecified atom stereocenters. The fourth-order valence-corrected chi connectivity index (χ4v) is 3.02. The van der Waals surface area contributed by atoms with Crippen LogP contribution in [0.15, 0.2) is 101 Å². The molecule has 6 nitrogen and oxygen atoms in total. The minimum Gasteiger partial charge on any atom is -0.496 e. The minimum absolute atomic E-state index is 0.780. The summed E-state index contributed by atoms with van der Waals surface area (Å²) in [6.07, 6.45) is 0. The summed E-state index contributed by atoms with van der Waals surface area (Å²) in [6, 6.07) is 32.5. The molecule has 0 saturated heterocycles. The van der Waals surface area contributed by atoms with Gasteiger partial charge in [0.1, 0.15) is 11.3 Å². The van der Waals surface area contributed by atoms with E-state index in [1.807, 2.05) is 60.7 Å². The second-order valence-corrected chi connectivity index (χ2v) is 7.14. The highest BCUT2D eigenvalue weighted by Crippen LogP contribution is 2.36. The molecule has 0 amide bonds. The van der Waals surface area contributed by atoms with E-state index >= 15 is 0 Å². The Morgan fingerprint density at radius 1 is 0.613 bits per heavy atom. The van der Waals surface area contributed by atoms with Crippen molar-refractivity contribution in [1.82, 2.24) is 0 Å². The van der Waals surface area contributed by atoms with Gasteiger partial charge < -0.3 is 4.74 Å². The molecule has 0 atom stereocenters. The zero-order valence-electron chi connectivity index (χ0n) is 16.6. The summed E-state index contributed by atoms with van der Waals surface area (Å²) >= 11 is 0. The fraction of sp³-hybridized carbons (Fsp3) is 0.0417. The van der Waals surface area contributed by atoms with E-state index in [1.165, 1.54) is 0 Å². The number of halogens is 1. The lowest BCUT2D eigenvalue weighted by Gasteiger charge is -2.17. The first kappa shape index (κ1) is 22.4. The fourth-order valence-electron chi connectivity index (χ4n) is 3.02. The Hall–Kier alpha value is -3.26. The zero-order chi connectivity index (χ0) is 22.3. The first-order chi connectivity index (χ1) is 14.8. The average molecular weight is 439 g/mol. The van der Waals surface area contributed by atoms with Gasteiger partial charge in [0.15, 0.2) is 0 Å². The van der Waals surface area contributed by atoms with Gasteiger partial charge in [-0.15, -0.1) is 10.2 Å². The van der Waals surface area contributed by atoms with Gasteiger partial charge in [-0.25, -0.2) is 23.1 Å². The van der Waals surface area contributed by atoms with Crippen molar-refractivity contribution in [2.24, 2.45) is 0 Å². The molecule has 1 aromatic heterocycles. The van der Waals surface area contributed by atoms with Gasteiger partial charge in [-0.2, -0.15) is 0 Å². The van der Waals surface area contributed by atoms with Gasteiger partial charge >= 0.3 is 11.5 Å². The lowest BCUT2D eigenvalue weighted by Crippen LogP contribution is -2.68. The highest BCUT2D eigenvalue weighted by molar-refractivity contribution is 5.76. The van der Waals surface area contributed by atoms with E-state index in [-0.39, 0.29) is 0 Å². The number of para-hydroxylation sites is 1. The molecular weight excluding hydrogens is 420 g/mol. The van der Waals surface area contributed by atoms with E-state index in [1.54, 1.807) is 7.11 Å². The van der Waals surface area contributed by atoms with Crippen LogP contribution in [0.4, 0.5) is 0 Å². The molecule has 0 bridgehead atoms. The van der Waals surface area contributed by atoms with Crippen LogP contribution in [0.5, 0.6) is 5.75 Å². The number of ether oxygens (including phenoxy) is 1. The quantitative estimate of drug-likeness (QED) is 0.449. The van der Waals surface area contributed by atoms with Gasteiger partial charge in [0.25, 0.3) is 0 Å². The van der Waals surface area contributed by atoms with Crippen LogP contribution in [-0.2, 0) is 0 Å². The molecule has 31 heavy (non-hydrogen) atoms. The van der Waals surface area contributed by atoms with Crippen LogP contribution in [0.2, 0.25) is 0 Å². The third-order valence-corrected chi connectivity index (χ3v) is 4.33. The summed E-state index contributed by atoms with van der Waals surface area (Å²) in [5.41, 5.74) is 4.24. The van der Waals surface area contributed by atoms with Crippen molar-refractivity contribution >= 4 is 0 Å². The van der Waals surface area contributed by atoms with Gasteiger partial charge in [0.05, 0.1) is 24.8 Å². The van der Waals surface area contributed by atoms with Crippen LogP contribution in [-0.4, -0.2) is 7.11 Å². The summed E-state index contributed by atoms with van der Waals surface area (Å²) in [4.78, 5) is 0. The van der Waals surface area contributed by atoms with E-state index in [0.29, 0.717) is 0 Å². The molecule has 4 aromatic rings. The Balaban J connectivity index is 0.000000491. The van der Waals surface area contributed by atoms with Crippen LogP contribution in [0.25, 0.3) is 33.8 Å². The summed E-state index contributed by atoms with van der Waals surface area (Å²) in [5.74, 6) is 2.40. The number of hydrogen-bond acceptors (Lipinski definition) is 5. The summed E-state index contributed by atoms with van der Waals surface area (Å²) < 4.78 is 45.8. The Morgan fingerprint density at radius 3 is 1.68 bits per heavy atom. The summed E-state index contributed by atoms with van der Waals surface area (Å²) in [5, 5.41) is 0. The Kier molecular flexibility index (Phi) is 7.36. The maximum Gasteiger partial charge on any atom is 0.365 e. The average Bonchev–Trinajstić information content (AvgIpc) is 2.79. The number of hydrogen-bond donors (Lipinski definition) is 0. The Labute approximate surface area is 182 Å². The van der Waals surface area contributed by atoms with Gasteiger partial charge in [0.2, 0.25) is 0 Å². The van der Waals surface area contributed by atoms with Crippen LogP contribution in [0, 0.1) is 10.2 Å². The third-order valence-electron chi connectivity index (χ3n) is 4.33. The first-order valence-corrected chi connectivity index (χ1v) is 10.4. The Morgan fingerprint density at radius 2 is 1.10 bits per heavy atom. The van der Waals surface area contributed by atoms with Crippen LogP contribution < -0.4 is 23.4 Å². The lowest BCUT2D eigenvalue weighted by molar-refractivity contribution is -2.00. The second kappa shape index (κ2) is 10.2. The summed E-state index contributed by atoms with van der Waals surface area (Å²) in [7, 11) is -3.27. The van der Waals surface area contributed by atoms with Gasteiger partial charge in [-0.3, -0.25) is 0 Å². The maximum atomic E-state index is 8.49. The highest BCUT2D eigenvalue weighted by Gasteiger charge is 2.22. The summed E-state index contributed by atoms with van der Waals surface area (Å²) in [6.45, 7) is 0. The zero-order valence-corrected chi connectivity index (χ0v) is 17.3. The molecule has 1 heterocycles. The van der Waals surface area contributed by atoms with E-state index in [2.05, 4.69) is 36.4 Å². The van der Waals surface area contributed by atoms with Gasteiger partial charge in [-0.05, 0) is 29.8 Å². The molecule has 0 fully saturated rings. The SMILES string of the molecule is COc1ccccc1-c1cc(-c2ccccc2)cc(-c2ccccc2)[o+]1.[O-][Cl+3]([O-])([O-])[O-]. The normalized spacial score (nSPS) is 10.7. The predicted octanol–water partition coefficient (Wildman–Crippen LogP) is 1.81. The second-order valence-electron chi connectivity index (χ2n) is 6.38. The molecule has 0 spiro atoms. The van der Waals surface area contributed by atoms with Crippen molar-refractivity contribution in [1.29, 1.82) is 0 Å².